The molecule has 2 fully saturated rings. The molecule has 0 unspecified atom stereocenters. The molecule has 3 rings (SSSR count). The zero-order valence-corrected chi connectivity index (χ0v) is 30.7. The first kappa shape index (κ1) is 37.4. The molecule has 2 aliphatic heterocycles. The maximum Gasteiger partial charge on any atom is 0.508 e. The number of rotatable bonds is 6. The number of fused-ring (bicyclic) bond motifs is 1. The lowest BCUT2D eigenvalue weighted by Gasteiger charge is -2.57. The third-order valence-electron chi connectivity index (χ3n) is 6.61. The van der Waals surface area contributed by atoms with Gasteiger partial charge >= 0.3 is 20.8 Å². The van der Waals surface area contributed by atoms with Gasteiger partial charge in [-0.2, -0.15) is 0 Å². The molecular formula is C26H35Cl6NO8SSi. The van der Waals surface area contributed by atoms with E-state index in [1.165, 1.54) is 11.8 Å². The van der Waals surface area contributed by atoms with E-state index in [0.717, 1.165) is 4.90 Å². The fourth-order valence-corrected chi connectivity index (χ4v) is 11.6. The fourth-order valence-electron chi connectivity index (χ4n) is 5.15. The van der Waals surface area contributed by atoms with Crippen molar-refractivity contribution in [1.82, 2.24) is 5.32 Å². The number of benzene rings is 1. The molecule has 244 valence electrons. The quantitative estimate of drug-likeness (QED) is 0.174. The number of halogens is 6. The molecule has 2 heterocycles. The topological polar surface area (TPSA) is 102 Å². The fraction of sp³-hybridized carbons (Fsp3) is 0.692. The molecule has 0 spiro atoms. The second kappa shape index (κ2) is 14.4. The van der Waals surface area contributed by atoms with Gasteiger partial charge in [-0.3, -0.25) is 0 Å². The Morgan fingerprint density at radius 1 is 0.930 bits per heavy atom. The third kappa shape index (κ3) is 10.2. The molecule has 0 saturated carbocycles. The highest BCUT2D eigenvalue weighted by Gasteiger charge is 2.65. The minimum Gasteiger partial charge on any atom is -0.445 e. The number of alkyl halides is 6. The van der Waals surface area contributed by atoms with Crippen molar-refractivity contribution in [3.8, 4) is 0 Å². The first-order valence-electron chi connectivity index (χ1n) is 13.2. The van der Waals surface area contributed by atoms with Crippen LogP contribution in [0.5, 0.6) is 0 Å². The van der Waals surface area contributed by atoms with Gasteiger partial charge in [0.1, 0.15) is 36.9 Å². The molecule has 0 radical (unpaired) electrons. The van der Waals surface area contributed by atoms with Crippen molar-refractivity contribution < 1.29 is 37.4 Å². The molecule has 1 N–H and O–H groups in total. The van der Waals surface area contributed by atoms with Crippen molar-refractivity contribution >= 4 is 102 Å². The lowest BCUT2D eigenvalue weighted by Crippen LogP contribution is -2.73. The Balaban J connectivity index is 2.04. The van der Waals surface area contributed by atoms with Crippen LogP contribution in [-0.4, -0.2) is 78.0 Å². The monoisotopic (exact) mass is 759 g/mol. The van der Waals surface area contributed by atoms with Crippen LogP contribution < -0.4 is 5.32 Å². The van der Waals surface area contributed by atoms with Gasteiger partial charge in [-0.1, -0.05) is 141 Å². The number of hydrogen-bond donors (Lipinski definition) is 1. The highest BCUT2D eigenvalue weighted by atomic mass is 35.6. The average molecular weight is 762 g/mol. The van der Waals surface area contributed by atoms with Crippen LogP contribution in [0.2, 0.25) is 10.1 Å². The Kier molecular flexibility index (Phi) is 12.5. The SMILES string of the molecule is CC(C)(C)[Si]1(C(C)(C)C)OC[C@H]2O[C@@H](Sc3ccccc3)[C@H](NC(=O)OCC(Cl)(Cl)Cl)[C@@H](OC(=O)OCC(Cl)(Cl)Cl)[C@H]2O1. The average Bonchev–Trinajstić information content (AvgIpc) is 2.86. The number of alkyl carbamates (subject to hydrolysis) is 1. The first-order valence-corrected chi connectivity index (χ1v) is 18.2. The summed E-state index contributed by atoms with van der Waals surface area (Å²) in [5, 5.41) is 1.89. The Labute approximate surface area is 287 Å². The Morgan fingerprint density at radius 3 is 2.02 bits per heavy atom. The van der Waals surface area contributed by atoms with Crippen molar-refractivity contribution in [2.24, 2.45) is 0 Å². The maximum atomic E-state index is 13.0. The molecule has 1 amide bonds. The number of ether oxygens (including phenoxy) is 4. The van der Waals surface area contributed by atoms with Crippen LogP contribution in [0.15, 0.2) is 35.2 Å². The normalized spacial score (nSPS) is 26.2. The van der Waals surface area contributed by atoms with E-state index in [2.05, 4.69) is 5.32 Å². The number of hydrogen-bond acceptors (Lipinski definition) is 9. The van der Waals surface area contributed by atoms with Crippen LogP contribution in [0.3, 0.4) is 0 Å². The highest BCUT2D eigenvalue weighted by molar-refractivity contribution is 7.99. The predicted octanol–water partition coefficient (Wildman–Crippen LogP) is 8.32. The van der Waals surface area contributed by atoms with Crippen LogP contribution >= 0.6 is 81.4 Å². The summed E-state index contributed by atoms with van der Waals surface area (Å²) in [4.78, 5) is 26.8. The maximum absolute atomic E-state index is 13.0. The van der Waals surface area contributed by atoms with Crippen LogP contribution in [0.4, 0.5) is 9.59 Å². The van der Waals surface area contributed by atoms with Crippen LogP contribution in [0, 0.1) is 0 Å². The standard InChI is InChI=1S/C26H35Cl6NO8SSi/c1-23(2,3)43(24(4,5)6)38-12-16-18(41-43)19(40-22(35)37-14-26(30,31)32)17(33-21(34)36-13-25(27,28)29)20(39-16)42-15-10-8-7-9-11-15/h7-11,16-20H,12-14H2,1-6H3,(H,33,34)/t16-,17-,18+,19-,20+/m1/s1. The van der Waals surface area contributed by atoms with Gasteiger partial charge in [0.2, 0.25) is 7.59 Å². The number of carbonyl (C=O) groups is 2. The van der Waals surface area contributed by atoms with Crippen molar-refractivity contribution in [2.75, 3.05) is 19.8 Å². The van der Waals surface area contributed by atoms with Gasteiger partial charge in [0, 0.05) is 15.0 Å². The smallest absolute Gasteiger partial charge is 0.445 e. The van der Waals surface area contributed by atoms with Crippen molar-refractivity contribution in [3.63, 3.8) is 0 Å². The van der Waals surface area contributed by atoms with Gasteiger partial charge < -0.3 is 33.1 Å². The molecule has 1 aromatic rings. The minimum absolute atomic E-state index is 0.158. The molecular weight excluding hydrogens is 727 g/mol. The summed E-state index contributed by atoms with van der Waals surface area (Å²) >= 11 is 36.0. The zero-order valence-electron chi connectivity index (χ0n) is 24.3. The van der Waals surface area contributed by atoms with Gasteiger partial charge in [-0.15, -0.1) is 0 Å². The lowest BCUT2D eigenvalue weighted by molar-refractivity contribution is -0.198. The molecule has 0 aliphatic carbocycles. The molecule has 2 saturated heterocycles. The largest absolute Gasteiger partial charge is 0.508 e. The summed E-state index contributed by atoms with van der Waals surface area (Å²) in [6.45, 7) is 11.3. The second-order valence-electron chi connectivity index (χ2n) is 12.1. The minimum atomic E-state index is -3.12. The van der Waals surface area contributed by atoms with Crippen molar-refractivity contribution in [1.29, 1.82) is 0 Å². The van der Waals surface area contributed by atoms with E-state index in [-0.39, 0.29) is 6.61 Å². The van der Waals surface area contributed by atoms with E-state index < -0.39 is 81.5 Å². The van der Waals surface area contributed by atoms with E-state index in [1.54, 1.807) is 0 Å². The van der Waals surface area contributed by atoms with Gasteiger partial charge in [0.25, 0.3) is 0 Å². The zero-order chi connectivity index (χ0) is 32.4. The van der Waals surface area contributed by atoms with Gasteiger partial charge in [-0.25, -0.2) is 9.59 Å². The molecule has 0 bridgehead atoms. The number of thioether (sulfide) groups is 1. The summed E-state index contributed by atoms with van der Waals surface area (Å²) in [6, 6.07) is 8.27. The number of carbonyl (C=O) groups excluding carboxylic acids is 2. The summed E-state index contributed by atoms with van der Waals surface area (Å²) in [7, 11) is -3.12. The summed E-state index contributed by atoms with van der Waals surface area (Å²) in [5.41, 5.74) is -0.819. The van der Waals surface area contributed by atoms with Gasteiger partial charge in [0.15, 0.2) is 6.10 Å². The van der Waals surface area contributed by atoms with Crippen molar-refractivity contribution in [2.45, 2.75) is 93.9 Å². The molecule has 0 aromatic heterocycles. The first-order chi connectivity index (χ1) is 19.6. The number of amides is 1. The Bertz CT molecular complexity index is 1100. The van der Waals surface area contributed by atoms with E-state index in [9.17, 15) is 9.59 Å². The van der Waals surface area contributed by atoms with Crippen LogP contribution in [-0.2, 0) is 27.8 Å². The molecule has 1 aromatic carbocycles. The van der Waals surface area contributed by atoms with Crippen LogP contribution in [0.25, 0.3) is 0 Å². The summed E-state index contributed by atoms with van der Waals surface area (Å²) in [6.07, 6.45) is -4.82. The van der Waals surface area contributed by atoms with Crippen molar-refractivity contribution in [3.05, 3.63) is 30.3 Å². The second-order valence-corrected chi connectivity index (χ2v) is 23.0. The highest BCUT2D eigenvalue weighted by Crippen LogP contribution is 2.55. The van der Waals surface area contributed by atoms with E-state index in [0.29, 0.717) is 0 Å². The van der Waals surface area contributed by atoms with E-state index in [1.807, 2.05) is 71.9 Å². The Morgan fingerprint density at radius 2 is 1.49 bits per heavy atom. The molecule has 17 heteroatoms. The lowest BCUT2D eigenvalue weighted by atomic mass is 9.98. The molecule has 2 aliphatic rings. The number of nitrogens with one attached hydrogen (secondary N) is 1. The van der Waals surface area contributed by atoms with Crippen LogP contribution in [0.1, 0.15) is 41.5 Å². The Hall–Kier alpha value is -0.0531. The van der Waals surface area contributed by atoms with Gasteiger partial charge in [0.05, 0.1) is 6.61 Å². The van der Waals surface area contributed by atoms with E-state index in [4.69, 9.17) is 97.4 Å². The molecule has 5 atom stereocenters. The molecule has 43 heavy (non-hydrogen) atoms. The third-order valence-corrected chi connectivity index (χ3v) is 13.6. The summed E-state index contributed by atoms with van der Waals surface area (Å²) < 4.78 is 32.4. The van der Waals surface area contributed by atoms with Gasteiger partial charge in [-0.05, 0) is 12.1 Å². The molecule has 9 nitrogen and oxygen atoms in total. The predicted molar refractivity (Wildman–Crippen MR) is 172 cm³/mol. The van der Waals surface area contributed by atoms with E-state index >= 15 is 0 Å². The summed E-state index contributed by atoms with van der Waals surface area (Å²) in [5.74, 6) is 0.